The fraction of sp³-hybridized carbons (Fsp3) is 0.636. The number of nitrogens with zero attached hydrogens (tertiary/aromatic N) is 2. The SMILES string of the molecule is CCc1c(Cl)ncnc1NC1CCOCC1. The van der Waals surface area contributed by atoms with Crippen LogP contribution in [0.1, 0.15) is 25.3 Å². The topological polar surface area (TPSA) is 47.0 Å². The standard InChI is InChI=1S/C11H16ClN3O/c1-2-9-10(12)13-7-14-11(9)15-8-3-5-16-6-4-8/h7-8H,2-6H2,1H3,(H,13,14,15). The molecule has 0 amide bonds. The lowest BCUT2D eigenvalue weighted by atomic mass is 10.1. The predicted molar refractivity (Wildman–Crippen MR) is 63.9 cm³/mol. The van der Waals surface area contributed by atoms with Crippen molar-refractivity contribution in [3.63, 3.8) is 0 Å². The minimum absolute atomic E-state index is 0.435. The molecule has 1 aromatic rings. The Morgan fingerprint density at radius 2 is 2.19 bits per heavy atom. The van der Waals surface area contributed by atoms with Gasteiger partial charge in [0.1, 0.15) is 17.3 Å². The average Bonchev–Trinajstić information content (AvgIpc) is 2.31. The molecule has 2 heterocycles. The number of rotatable bonds is 3. The Morgan fingerprint density at radius 1 is 1.44 bits per heavy atom. The second-order valence-corrected chi connectivity index (χ2v) is 4.23. The molecule has 1 aliphatic rings. The van der Waals surface area contributed by atoms with Crippen molar-refractivity contribution >= 4 is 17.4 Å². The summed E-state index contributed by atoms with van der Waals surface area (Å²) in [4.78, 5) is 8.25. The summed E-state index contributed by atoms with van der Waals surface area (Å²) in [6, 6.07) is 0.435. The average molecular weight is 242 g/mol. The van der Waals surface area contributed by atoms with Crippen LogP contribution in [0.3, 0.4) is 0 Å². The third-order valence-corrected chi connectivity index (χ3v) is 3.13. The number of aromatic nitrogens is 2. The molecule has 16 heavy (non-hydrogen) atoms. The van der Waals surface area contributed by atoms with E-state index in [1.807, 2.05) is 0 Å². The molecule has 1 saturated heterocycles. The summed E-state index contributed by atoms with van der Waals surface area (Å²) in [5.41, 5.74) is 0.996. The second-order valence-electron chi connectivity index (χ2n) is 3.88. The van der Waals surface area contributed by atoms with Crippen LogP contribution in [0.15, 0.2) is 6.33 Å². The fourth-order valence-electron chi connectivity index (χ4n) is 1.86. The maximum absolute atomic E-state index is 6.03. The summed E-state index contributed by atoms with van der Waals surface area (Å²) >= 11 is 6.03. The van der Waals surface area contributed by atoms with Crippen molar-refractivity contribution in [2.75, 3.05) is 18.5 Å². The first-order chi connectivity index (χ1) is 7.81. The Bertz CT molecular complexity index is 353. The summed E-state index contributed by atoms with van der Waals surface area (Å²) in [7, 11) is 0. The Kier molecular flexibility index (Phi) is 3.96. The highest BCUT2D eigenvalue weighted by molar-refractivity contribution is 6.30. The minimum atomic E-state index is 0.435. The fourth-order valence-corrected chi connectivity index (χ4v) is 2.13. The zero-order chi connectivity index (χ0) is 11.4. The van der Waals surface area contributed by atoms with Crippen molar-refractivity contribution in [1.29, 1.82) is 0 Å². The van der Waals surface area contributed by atoms with Crippen LogP contribution in [0.2, 0.25) is 5.15 Å². The van der Waals surface area contributed by atoms with E-state index in [9.17, 15) is 0 Å². The number of halogens is 1. The molecule has 0 spiro atoms. The smallest absolute Gasteiger partial charge is 0.137 e. The maximum atomic E-state index is 6.03. The van der Waals surface area contributed by atoms with Gasteiger partial charge in [-0.15, -0.1) is 0 Å². The molecule has 88 valence electrons. The number of hydrogen-bond donors (Lipinski definition) is 1. The van der Waals surface area contributed by atoms with E-state index in [0.29, 0.717) is 11.2 Å². The Labute approximate surface area is 100 Å². The lowest BCUT2D eigenvalue weighted by molar-refractivity contribution is 0.0903. The van der Waals surface area contributed by atoms with Crippen LogP contribution >= 0.6 is 11.6 Å². The van der Waals surface area contributed by atoms with Gasteiger partial charge in [0.2, 0.25) is 0 Å². The van der Waals surface area contributed by atoms with Crippen LogP contribution in [-0.4, -0.2) is 29.2 Å². The first kappa shape index (κ1) is 11.6. The van der Waals surface area contributed by atoms with Crippen LogP contribution in [0, 0.1) is 0 Å². The van der Waals surface area contributed by atoms with E-state index in [4.69, 9.17) is 16.3 Å². The zero-order valence-corrected chi connectivity index (χ0v) is 10.1. The molecule has 0 aromatic carbocycles. The lowest BCUT2D eigenvalue weighted by Gasteiger charge is -2.24. The third-order valence-electron chi connectivity index (χ3n) is 2.81. The molecule has 1 aliphatic heterocycles. The van der Waals surface area contributed by atoms with Gasteiger partial charge in [0.05, 0.1) is 0 Å². The molecule has 2 rings (SSSR count). The molecule has 4 nitrogen and oxygen atoms in total. The van der Waals surface area contributed by atoms with Gasteiger partial charge in [0, 0.05) is 24.8 Å². The highest BCUT2D eigenvalue weighted by atomic mass is 35.5. The normalized spacial score (nSPS) is 17.4. The molecule has 0 bridgehead atoms. The maximum Gasteiger partial charge on any atom is 0.137 e. The Hall–Kier alpha value is -0.870. The van der Waals surface area contributed by atoms with Gasteiger partial charge in [-0.1, -0.05) is 18.5 Å². The van der Waals surface area contributed by atoms with Gasteiger partial charge in [-0.2, -0.15) is 0 Å². The van der Waals surface area contributed by atoms with Gasteiger partial charge in [-0.25, -0.2) is 9.97 Å². The molecule has 1 fully saturated rings. The molecule has 0 saturated carbocycles. The van der Waals surface area contributed by atoms with Crippen molar-refractivity contribution in [2.24, 2.45) is 0 Å². The molecule has 1 N–H and O–H groups in total. The summed E-state index contributed by atoms with van der Waals surface area (Å²) in [5.74, 6) is 0.870. The lowest BCUT2D eigenvalue weighted by Crippen LogP contribution is -2.28. The van der Waals surface area contributed by atoms with E-state index < -0.39 is 0 Å². The number of anilines is 1. The Morgan fingerprint density at radius 3 is 2.88 bits per heavy atom. The van der Waals surface area contributed by atoms with Gasteiger partial charge < -0.3 is 10.1 Å². The summed E-state index contributed by atoms with van der Waals surface area (Å²) in [6.07, 6.45) is 4.38. The van der Waals surface area contributed by atoms with Crippen LogP contribution < -0.4 is 5.32 Å². The summed E-state index contributed by atoms with van der Waals surface area (Å²) in [5, 5.41) is 3.97. The monoisotopic (exact) mass is 241 g/mol. The van der Waals surface area contributed by atoms with Crippen LogP contribution in [0.25, 0.3) is 0 Å². The van der Waals surface area contributed by atoms with E-state index in [2.05, 4.69) is 22.2 Å². The first-order valence-electron chi connectivity index (χ1n) is 5.65. The number of hydrogen-bond acceptors (Lipinski definition) is 4. The molecule has 0 atom stereocenters. The largest absolute Gasteiger partial charge is 0.381 e. The van der Waals surface area contributed by atoms with E-state index in [0.717, 1.165) is 43.9 Å². The second kappa shape index (κ2) is 5.46. The van der Waals surface area contributed by atoms with E-state index in [-0.39, 0.29) is 0 Å². The van der Waals surface area contributed by atoms with Gasteiger partial charge in [-0.05, 0) is 19.3 Å². The van der Waals surface area contributed by atoms with Crippen LogP contribution in [-0.2, 0) is 11.2 Å². The van der Waals surface area contributed by atoms with E-state index in [1.165, 1.54) is 6.33 Å². The summed E-state index contributed by atoms with van der Waals surface area (Å²) in [6.45, 7) is 3.69. The van der Waals surface area contributed by atoms with E-state index in [1.54, 1.807) is 0 Å². The summed E-state index contributed by atoms with van der Waals surface area (Å²) < 4.78 is 5.32. The third kappa shape index (κ3) is 2.62. The van der Waals surface area contributed by atoms with Crippen LogP contribution in [0.4, 0.5) is 5.82 Å². The first-order valence-corrected chi connectivity index (χ1v) is 6.02. The molecular weight excluding hydrogens is 226 g/mol. The van der Waals surface area contributed by atoms with E-state index >= 15 is 0 Å². The van der Waals surface area contributed by atoms with Crippen LogP contribution in [0.5, 0.6) is 0 Å². The molecule has 5 heteroatoms. The molecular formula is C11H16ClN3O. The minimum Gasteiger partial charge on any atom is -0.381 e. The highest BCUT2D eigenvalue weighted by Gasteiger charge is 2.16. The van der Waals surface area contributed by atoms with Gasteiger partial charge in [-0.3, -0.25) is 0 Å². The van der Waals surface area contributed by atoms with Crippen molar-refractivity contribution in [2.45, 2.75) is 32.2 Å². The van der Waals surface area contributed by atoms with Crippen molar-refractivity contribution in [1.82, 2.24) is 9.97 Å². The molecule has 0 aliphatic carbocycles. The van der Waals surface area contributed by atoms with Gasteiger partial charge in [0.15, 0.2) is 0 Å². The van der Waals surface area contributed by atoms with Crippen molar-refractivity contribution < 1.29 is 4.74 Å². The molecule has 1 aromatic heterocycles. The molecule has 0 radical (unpaired) electrons. The molecule has 0 unspecified atom stereocenters. The van der Waals surface area contributed by atoms with Crippen molar-refractivity contribution in [3.8, 4) is 0 Å². The highest BCUT2D eigenvalue weighted by Crippen LogP contribution is 2.22. The predicted octanol–water partition coefficient (Wildman–Crippen LogP) is 2.28. The number of ether oxygens (including phenoxy) is 1. The van der Waals surface area contributed by atoms with Crippen molar-refractivity contribution in [3.05, 3.63) is 17.0 Å². The van der Waals surface area contributed by atoms with Gasteiger partial charge in [0.25, 0.3) is 0 Å². The quantitative estimate of drug-likeness (QED) is 0.825. The zero-order valence-electron chi connectivity index (χ0n) is 9.37. The number of nitrogens with one attached hydrogen (secondary N) is 1. The van der Waals surface area contributed by atoms with Gasteiger partial charge >= 0.3 is 0 Å². The Balaban J connectivity index is 2.10.